The lowest BCUT2D eigenvalue weighted by atomic mass is 10.1. The molecule has 0 saturated carbocycles. The summed E-state index contributed by atoms with van der Waals surface area (Å²) in [4.78, 5) is 23.2. The SMILES string of the molecule is CC(=O)c1c(Nc2cccc(Cl)c2)cc(C)oc1=O. The van der Waals surface area contributed by atoms with Crippen molar-refractivity contribution in [1.29, 1.82) is 0 Å². The fraction of sp³-hybridized carbons (Fsp3) is 0.143. The van der Waals surface area contributed by atoms with E-state index in [-0.39, 0.29) is 11.3 Å². The molecule has 1 aromatic carbocycles. The molecule has 2 rings (SSSR count). The van der Waals surface area contributed by atoms with Gasteiger partial charge >= 0.3 is 5.63 Å². The van der Waals surface area contributed by atoms with E-state index in [0.717, 1.165) is 0 Å². The smallest absolute Gasteiger partial charge is 0.348 e. The first-order valence-electron chi connectivity index (χ1n) is 5.65. The van der Waals surface area contributed by atoms with E-state index in [4.69, 9.17) is 16.0 Å². The monoisotopic (exact) mass is 277 g/mol. The molecular weight excluding hydrogens is 266 g/mol. The van der Waals surface area contributed by atoms with Crippen molar-refractivity contribution in [3.8, 4) is 0 Å². The van der Waals surface area contributed by atoms with Gasteiger partial charge in [-0.2, -0.15) is 0 Å². The number of benzene rings is 1. The van der Waals surface area contributed by atoms with E-state index in [1.54, 1.807) is 37.3 Å². The Morgan fingerprint density at radius 2 is 2.05 bits per heavy atom. The Hall–Kier alpha value is -2.07. The molecule has 98 valence electrons. The summed E-state index contributed by atoms with van der Waals surface area (Å²) in [6.45, 7) is 2.97. The van der Waals surface area contributed by atoms with Crippen LogP contribution in [0.5, 0.6) is 0 Å². The lowest BCUT2D eigenvalue weighted by Gasteiger charge is -2.10. The molecule has 2 aromatic rings. The molecule has 0 unspecified atom stereocenters. The Labute approximate surface area is 115 Å². The van der Waals surface area contributed by atoms with E-state index in [9.17, 15) is 9.59 Å². The predicted molar refractivity (Wildman–Crippen MR) is 74.5 cm³/mol. The first-order chi connectivity index (χ1) is 8.97. The van der Waals surface area contributed by atoms with Crippen LogP contribution in [-0.4, -0.2) is 5.78 Å². The standard InChI is InChI=1S/C14H12ClNO3/c1-8-6-12(13(9(2)17)14(18)19-8)16-11-5-3-4-10(15)7-11/h3-7,16H,1-2H3. The lowest BCUT2D eigenvalue weighted by Crippen LogP contribution is -2.15. The summed E-state index contributed by atoms with van der Waals surface area (Å²) in [5.41, 5.74) is 0.478. The van der Waals surface area contributed by atoms with Crippen LogP contribution in [0.3, 0.4) is 0 Å². The molecule has 5 heteroatoms. The molecule has 0 saturated heterocycles. The van der Waals surface area contributed by atoms with Crippen LogP contribution in [0.15, 0.2) is 39.5 Å². The maximum absolute atomic E-state index is 11.7. The molecule has 1 N–H and O–H groups in total. The Kier molecular flexibility index (Phi) is 3.71. The van der Waals surface area contributed by atoms with Gasteiger partial charge in [0.2, 0.25) is 0 Å². The molecule has 4 nitrogen and oxygen atoms in total. The lowest BCUT2D eigenvalue weighted by molar-refractivity contribution is 0.101. The van der Waals surface area contributed by atoms with Gasteiger partial charge in [0.05, 0.1) is 5.69 Å². The van der Waals surface area contributed by atoms with Crippen LogP contribution < -0.4 is 10.9 Å². The van der Waals surface area contributed by atoms with Crippen LogP contribution in [0.25, 0.3) is 0 Å². The highest BCUT2D eigenvalue weighted by Gasteiger charge is 2.15. The first kappa shape index (κ1) is 13.4. The van der Waals surface area contributed by atoms with Gasteiger partial charge in [-0.1, -0.05) is 17.7 Å². The Balaban J connectivity index is 2.50. The largest absolute Gasteiger partial charge is 0.428 e. The third-order valence-corrected chi connectivity index (χ3v) is 2.77. The highest BCUT2D eigenvalue weighted by molar-refractivity contribution is 6.30. The summed E-state index contributed by atoms with van der Waals surface area (Å²) in [5, 5.41) is 3.58. The second-order valence-electron chi connectivity index (χ2n) is 4.12. The van der Waals surface area contributed by atoms with Crippen molar-refractivity contribution < 1.29 is 9.21 Å². The molecule has 0 fully saturated rings. The Morgan fingerprint density at radius 3 is 2.68 bits per heavy atom. The molecule has 1 heterocycles. The highest BCUT2D eigenvalue weighted by atomic mass is 35.5. The number of anilines is 2. The topological polar surface area (TPSA) is 59.3 Å². The number of carbonyl (C=O) groups excluding carboxylic acids is 1. The fourth-order valence-electron chi connectivity index (χ4n) is 1.77. The average molecular weight is 278 g/mol. The molecule has 0 aliphatic heterocycles. The van der Waals surface area contributed by atoms with Gasteiger partial charge < -0.3 is 9.73 Å². The van der Waals surface area contributed by atoms with Gasteiger partial charge in [0, 0.05) is 16.8 Å². The number of ketones is 1. The highest BCUT2D eigenvalue weighted by Crippen LogP contribution is 2.22. The molecule has 0 atom stereocenters. The van der Waals surface area contributed by atoms with Gasteiger partial charge in [0.1, 0.15) is 11.3 Å². The van der Waals surface area contributed by atoms with Gasteiger partial charge in [-0.15, -0.1) is 0 Å². The van der Waals surface area contributed by atoms with Gasteiger partial charge in [-0.05, 0) is 32.0 Å². The van der Waals surface area contributed by atoms with E-state index in [0.29, 0.717) is 22.2 Å². The van der Waals surface area contributed by atoms with Gasteiger partial charge in [0.15, 0.2) is 5.78 Å². The Morgan fingerprint density at radius 1 is 1.32 bits per heavy atom. The van der Waals surface area contributed by atoms with Crippen LogP contribution in [-0.2, 0) is 0 Å². The zero-order valence-electron chi connectivity index (χ0n) is 10.5. The first-order valence-corrected chi connectivity index (χ1v) is 6.03. The summed E-state index contributed by atoms with van der Waals surface area (Å²) in [6.07, 6.45) is 0. The van der Waals surface area contributed by atoms with Gasteiger partial charge in [0.25, 0.3) is 0 Å². The molecule has 0 aliphatic carbocycles. The molecule has 0 aliphatic rings. The number of Topliss-reactive ketones (excluding diaryl/α,β-unsaturated/α-hetero) is 1. The average Bonchev–Trinajstić information content (AvgIpc) is 2.26. The molecule has 0 bridgehead atoms. The van der Waals surface area contributed by atoms with Crippen molar-refractivity contribution in [2.75, 3.05) is 5.32 Å². The minimum atomic E-state index is -0.642. The van der Waals surface area contributed by atoms with Crippen molar-refractivity contribution in [3.63, 3.8) is 0 Å². The van der Waals surface area contributed by atoms with Gasteiger partial charge in [-0.3, -0.25) is 4.79 Å². The second-order valence-corrected chi connectivity index (χ2v) is 4.56. The van der Waals surface area contributed by atoms with Crippen LogP contribution in [0.4, 0.5) is 11.4 Å². The summed E-state index contributed by atoms with van der Waals surface area (Å²) in [7, 11) is 0. The summed E-state index contributed by atoms with van der Waals surface area (Å²) >= 11 is 5.89. The molecule has 1 aromatic heterocycles. The van der Waals surface area contributed by atoms with Crippen molar-refractivity contribution >= 4 is 28.8 Å². The Bertz CT molecular complexity index is 691. The van der Waals surface area contributed by atoms with Crippen LogP contribution in [0.2, 0.25) is 5.02 Å². The summed E-state index contributed by atoms with van der Waals surface area (Å²) in [5.74, 6) is 0.0813. The van der Waals surface area contributed by atoms with Gasteiger partial charge in [-0.25, -0.2) is 4.79 Å². The third kappa shape index (κ3) is 3.03. The van der Waals surface area contributed by atoms with Crippen LogP contribution in [0, 0.1) is 6.92 Å². The van der Waals surface area contributed by atoms with Crippen LogP contribution in [0.1, 0.15) is 23.0 Å². The number of hydrogen-bond donors (Lipinski definition) is 1. The molecule has 0 radical (unpaired) electrons. The third-order valence-electron chi connectivity index (χ3n) is 2.53. The normalized spacial score (nSPS) is 10.3. The maximum Gasteiger partial charge on any atom is 0.348 e. The summed E-state index contributed by atoms with van der Waals surface area (Å²) in [6, 6.07) is 8.62. The van der Waals surface area contributed by atoms with Crippen LogP contribution >= 0.6 is 11.6 Å². The van der Waals surface area contributed by atoms with E-state index in [1.165, 1.54) is 6.92 Å². The minimum absolute atomic E-state index is 0.00516. The number of aryl methyl sites for hydroxylation is 1. The second kappa shape index (κ2) is 5.28. The van der Waals surface area contributed by atoms with E-state index in [1.807, 2.05) is 0 Å². The fourth-order valence-corrected chi connectivity index (χ4v) is 1.96. The number of rotatable bonds is 3. The number of hydrogen-bond acceptors (Lipinski definition) is 4. The zero-order chi connectivity index (χ0) is 14.0. The van der Waals surface area contributed by atoms with Crippen molar-refractivity contribution in [3.05, 3.63) is 57.1 Å². The van der Waals surface area contributed by atoms with Crippen molar-refractivity contribution in [2.45, 2.75) is 13.8 Å². The molecule has 19 heavy (non-hydrogen) atoms. The van der Waals surface area contributed by atoms with E-state index in [2.05, 4.69) is 5.32 Å². The number of halogens is 1. The minimum Gasteiger partial charge on any atom is -0.428 e. The van der Waals surface area contributed by atoms with E-state index < -0.39 is 5.63 Å². The predicted octanol–water partition coefficient (Wildman–Crippen LogP) is 3.55. The van der Waals surface area contributed by atoms with Crippen molar-refractivity contribution in [1.82, 2.24) is 0 Å². The quantitative estimate of drug-likeness (QED) is 0.872. The molecule has 0 spiro atoms. The molecule has 0 amide bonds. The number of carbonyl (C=O) groups is 1. The summed E-state index contributed by atoms with van der Waals surface area (Å²) < 4.78 is 4.93. The zero-order valence-corrected chi connectivity index (χ0v) is 11.2. The van der Waals surface area contributed by atoms with E-state index >= 15 is 0 Å². The maximum atomic E-state index is 11.7. The van der Waals surface area contributed by atoms with Crippen molar-refractivity contribution in [2.24, 2.45) is 0 Å². The number of nitrogens with one attached hydrogen (secondary N) is 1. The molecular formula is C14H12ClNO3.